The van der Waals surface area contributed by atoms with E-state index >= 15 is 8.78 Å². The molecule has 13 heteroatoms. The highest BCUT2D eigenvalue weighted by Crippen LogP contribution is 2.45. The van der Waals surface area contributed by atoms with Gasteiger partial charge in [0.15, 0.2) is 17.5 Å². The molecule has 0 saturated carbocycles. The van der Waals surface area contributed by atoms with Gasteiger partial charge in [-0.1, -0.05) is 0 Å². The number of anilines is 2. The van der Waals surface area contributed by atoms with E-state index in [1.807, 2.05) is 6.92 Å². The number of nitrogens with one attached hydrogen (secondary N) is 1. The lowest BCUT2D eigenvalue weighted by Gasteiger charge is -2.42. The Kier molecular flexibility index (Phi) is 6.01. The Morgan fingerprint density at radius 1 is 1.14 bits per heavy atom. The van der Waals surface area contributed by atoms with Crippen LogP contribution < -0.4 is 25.4 Å². The standard InChI is InChI=1S/C30H33F4N7O2/c1-13-8-17(21(33)23(35)20(13)32)24-22(34)25-19-27(39-29(38-25)42-12-30-6-3-7-40(30)10-15(31)9-30)41-11-16-4-5-18(36-16)26(41)14(2)43-28(19)37-24/h8,14-16,18,26,36H,3-7,9-12,35H2,1-2H3/t14-,15+,16+,18-,26+,30-/m0/s1. The predicted octanol–water partition coefficient (Wildman–Crippen LogP) is 4.05. The number of piperazine rings is 1. The maximum absolute atomic E-state index is 16.6. The van der Waals surface area contributed by atoms with Gasteiger partial charge in [-0.15, -0.1) is 0 Å². The van der Waals surface area contributed by atoms with Crippen LogP contribution >= 0.6 is 0 Å². The van der Waals surface area contributed by atoms with Gasteiger partial charge in [-0.3, -0.25) is 4.90 Å². The molecule has 5 aliphatic heterocycles. The fraction of sp³-hybridized carbons (Fsp3) is 0.567. The summed E-state index contributed by atoms with van der Waals surface area (Å²) in [6.07, 6.45) is 2.71. The highest BCUT2D eigenvalue weighted by molar-refractivity contribution is 5.97. The van der Waals surface area contributed by atoms with Crippen molar-refractivity contribution >= 4 is 22.4 Å². The van der Waals surface area contributed by atoms with Gasteiger partial charge in [0, 0.05) is 37.2 Å². The molecule has 0 aliphatic carbocycles. The van der Waals surface area contributed by atoms with Crippen molar-refractivity contribution in [3.05, 3.63) is 29.1 Å². The van der Waals surface area contributed by atoms with Crippen molar-refractivity contribution in [2.45, 2.75) is 81.9 Å². The maximum atomic E-state index is 16.6. The van der Waals surface area contributed by atoms with E-state index in [-0.39, 0.29) is 64.8 Å². The summed E-state index contributed by atoms with van der Waals surface area (Å²) in [5.74, 6) is -2.45. The van der Waals surface area contributed by atoms with Gasteiger partial charge in [-0.25, -0.2) is 22.5 Å². The van der Waals surface area contributed by atoms with Crippen molar-refractivity contribution in [3.63, 3.8) is 0 Å². The second kappa shape index (κ2) is 9.52. The van der Waals surface area contributed by atoms with Gasteiger partial charge in [-0.05, 0) is 57.7 Å². The van der Waals surface area contributed by atoms with Crippen molar-refractivity contribution in [2.75, 3.05) is 36.9 Å². The van der Waals surface area contributed by atoms with Crippen LogP contribution in [0.25, 0.3) is 22.2 Å². The first kappa shape index (κ1) is 27.1. The minimum absolute atomic E-state index is 0.0464. The van der Waals surface area contributed by atoms with Crippen molar-refractivity contribution in [3.8, 4) is 23.1 Å². The number of halogens is 4. The maximum Gasteiger partial charge on any atom is 0.319 e. The average Bonchev–Trinajstić information content (AvgIpc) is 3.62. The van der Waals surface area contributed by atoms with E-state index in [1.165, 1.54) is 13.0 Å². The zero-order valence-electron chi connectivity index (χ0n) is 24.0. The van der Waals surface area contributed by atoms with Crippen LogP contribution in [0.4, 0.5) is 29.1 Å². The normalized spacial score (nSPS) is 31.2. The van der Waals surface area contributed by atoms with Crippen LogP contribution in [0, 0.1) is 24.4 Å². The van der Waals surface area contributed by atoms with Crippen LogP contribution in [0.3, 0.4) is 0 Å². The second-order valence-corrected chi connectivity index (χ2v) is 12.8. The number of aromatic nitrogens is 3. The number of rotatable bonds is 4. The Bertz CT molecular complexity index is 1660. The van der Waals surface area contributed by atoms with E-state index in [9.17, 15) is 8.78 Å². The topological polar surface area (TPSA) is 102 Å². The number of fused-ring (bicyclic) bond motifs is 6. The molecule has 5 aliphatic rings. The summed E-state index contributed by atoms with van der Waals surface area (Å²) in [4.78, 5) is 18.0. The second-order valence-electron chi connectivity index (χ2n) is 12.8. The molecule has 4 saturated heterocycles. The number of hydrogen-bond acceptors (Lipinski definition) is 9. The van der Waals surface area contributed by atoms with E-state index in [0.29, 0.717) is 25.3 Å². The molecule has 0 amide bonds. The van der Waals surface area contributed by atoms with Crippen molar-refractivity contribution < 1.29 is 27.0 Å². The summed E-state index contributed by atoms with van der Waals surface area (Å²) < 4.78 is 73.3. The lowest BCUT2D eigenvalue weighted by Crippen LogP contribution is -2.62. The number of alkyl halides is 1. The molecule has 0 unspecified atom stereocenters. The summed E-state index contributed by atoms with van der Waals surface area (Å²) >= 11 is 0. The van der Waals surface area contributed by atoms with Gasteiger partial charge < -0.3 is 25.4 Å². The molecule has 0 spiro atoms. The molecule has 1 aromatic carbocycles. The third kappa shape index (κ3) is 3.99. The van der Waals surface area contributed by atoms with Gasteiger partial charge in [-0.2, -0.15) is 9.97 Å². The largest absolute Gasteiger partial charge is 0.472 e. The molecule has 8 rings (SSSR count). The van der Waals surface area contributed by atoms with E-state index in [4.69, 9.17) is 20.2 Å². The van der Waals surface area contributed by atoms with E-state index in [1.54, 1.807) is 0 Å². The lowest BCUT2D eigenvalue weighted by atomic mass is 9.95. The number of nitrogen functional groups attached to an aromatic ring is 1. The smallest absolute Gasteiger partial charge is 0.319 e. The summed E-state index contributed by atoms with van der Waals surface area (Å²) in [6.45, 7) is 5.29. The van der Waals surface area contributed by atoms with E-state index in [0.717, 1.165) is 32.2 Å². The first-order valence-corrected chi connectivity index (χ1v) is 15.0. The van der Waals surface area contributed by atoms with Crippen molar-refractivity contribution in [1.82, 2.24) is 25.2 Å². The predicted molar refractivity (Wildman–Crippen MR) is 152 cm³/mol. The SMILES string of the molecule is Cc1cc(-c2nc3c4c(nc(OC[C@@]56CCCN5C[C@H](F)C6)nc4c2F)N2C[C@H]4CC[C@H](N4)[C@H]2[C@H](C)O3)c(F)c(N)c1F. The molecule has 9 nitrogen and oxygen atoms in total. The molecule has 6 atom stereocenters. The molecule has 43 heavy (non-hydrogen) atoms. The van der Waals surface area contributed by atoms with Gasteiger partial charge >= 0.3 is 6.01 Å². The van der Waals surface area contributed by atoms with Crippen LogP contribution in [0.15, 0.2) is 6.07 Å². The zero-order chi connectivity index (χ0) is 29.8. The number of nitrogens with zero attached hydrogens (tertiary/aromatic N) is 5. The Morgan fingerprint density at radius 2 is 1.98 bits per heavy atom. The minimum atomic E-state index is -1.12. The fourth-order valence-electron chi connectivity index (χ4n) is 8.15. The Hall–Kier alpha value is -3.45. The Morgan fingerprint density at radius 3 is 2.81 bits per heavy atom. The highest BCUT2D eigenvalue weighted by atomic mass is 19.1. The molecule has 7 heterocycles. The Labute approximate surface area is 245 Å². The van der Waals surface area contributed by atoms with Gasteiger partial charge in [0.25, 0.3) is 0 Å². The van der Waals surface area contributed by atoms with Crippen LogP contribution in [-0.4, -0.2) is 82.0 Å². The number of ether oxygens (including phenoxy) is 2. The number of benzene rings is 1. The molecule has 2 bridgehead atoms. The summed E-state index contributed by atoms with van der Waals surface area (Å²) in [5.41, 5.74) is 3.74. The molecular weight excluding hydrogens is 566 g/mol. The molecule has 2 aromatic heterocycles. The van der Waals surface area contributed by atoms with Gasteiger partial charge in [0.1, 0.15) is 47.0 Å². The number of pyridine rings is 1. The zero-order valence-corrected chi connectivity index (χ0v) is 24.0. The molecule has 228 valence electrons. The summed E-state index contributed by atoms with van der Waals surface area (Å²) in [7, 11) is 0. The van der Waals surface area contributed by atoms with Gasteiger partial charge in [0.2, 0.25) is 5.88 Å². The summed E-state index contributed by atoms with van der Waals surface area (Å²) in [6, 6.07) is 1.33. The highest BCUT2D eigenvalue weighted by Gasteiger charge is 2.50. The Balaban J connectivity index is 1.31. The van der Waals surface area contributed by atoms with Gasteiger partial charge in [0.05, 0.1) is 11.6 Å². The first-order valence-electron chi connectivity index (χ1n) is 15.0. The van der Waals surface area contributed by atoms with Crippen molar-refractivity contribution in [2.24, 2.45) is 0 Å². The first-order chi connectivity index (χ1) is 20.6. The van der Waals surface area contributed by atoms with E-state index in [2.05, 4.69) is 25.1 Å². The minimum Gasteiger partial charge on any atom is -0.472 e. The summed E-state index contributed by atoms with van der Waals surface area (Å²) in [5, 5.41) is 3.92. The van der Waals surface area contributed by atoms with E-state index < -0.39 is 40.5 Å². The third-order valence-corrected chi connectivity index (χ3v) is 10.1. The quantitative estimate of drug-likeness (QED) is 0.340. The molecule has 4 fully saturated rings. The monoisotopic (exact) mass is 599 g/mol. The van der Waals surface area contributed by atoms with Crippen LogP contribution in [0.2, 0.25) is 0 Å². The molecule has 0 radical (unpaired) electrons. The van der Waals surface area contributed by atoms with Crippen molar-refractivity contribution in [1.29, 1.82) is 0 Å². The number of hydrogen-bond donors (Lipinski definition) is 2. The molecule has 3 N–H and O–H groups in total. The average molecular weight is 600 g/mol. The number of nitrogens with two attached hydrogens (primary N) is 1. The van der Waals surface area contributed by atoms with Crippen LogP contribution in [0.5, 0.6) is 11.9 Å². The molecule has 3 aromatic rings. The lowest BCUT2D eigenvalue weighted by molar-refractivity contribution is 0.107. The number of aryl methyl sites for hydroxylation is 1. The third-order valence-electron chi connectivity index (χ3n) is 10.1. The van der Waals surface area contributed by atoms with Crippen LogP contribution in [-0.2, 0) is 0 Å². The van der Waals surface area contributed by atoms with Crippen LogP contribution in [0.1, 0.15) is 44.6 Å². The fourth-order valence-corrected chi connectivity index (χ4v) is 8.15. The molecular formula is C30H33F4N7O2.